The van der Waals surface area contributed by atoms with Crippen molar-refractivity contribution < 1.29 is 19.4 Å². The molecule has 1 aliphatic heterocycles. The second kappa shape index (κ2) is 7.75. The van der Waals surface area contributed by atoms with Crippen molar-refractivity contribution in [2.45, 2.75) is 59.2 Å². The minimum absolute atomic E-state index is 0.00449. The number of cyclic esters (lactones) is 1. The minimum atomic E-state index is -0.707. The normalized spacial score (nSPS) is 28.6. The zero-order valence-corrected chi connectivity index (χ0v) is 14.8. The number of carbonyl (C=O) groups is 2. The molecule has 0 bridgehead atoms. The van der Waals surface area contributed by atoms with Crippen LogP contribution in [0.2, 0.25) is 0 Å². The van der Waals surface area contributed by atoms with Crippen LogP contribution in [0.15, 0.2) is 46.6 Å². The molecule has 1 heterocycles. The highest BCUT2D eigenvalue weighted by Gasteiger charge is 2.30. The predicted molar refractivity (Wildman–Crippen MR) is 93.3 cm³/mol. The van der Waals surface area contributed by atoms with Crippen LogP contribution in [0.5, 0.6) is 0 Å². The molecule has 0 radical (unpaired) electrons. The van der Waals surface area contributed by atoms with Crippen LogP contribution in [0.4, 0.5) is 0 Å². The monoisotopic (exact) mass is 330 g/mol. The summed E-state index contributed by atoms with van der Waals surface area (Å²) < 4.78 is 5.39. The molecule has 2 rings (SSSR count). The summed E-state index contributed by atoms with van der Waals surface area (Å²) in [5, 5.41) is 9.90. The first kappa shape index (κ1) is 18.4. The lowest BCUT2D eigenvalue weighted by molar-refractivity contribution is -0.143. The lowest BCUT2D eigenvalue weighted by Crippen LogP contribution is -2.23. The van der Waals surface area contributed by atoms with E-state index < -0.39 is 12.0 Å². The molecular formula is C20H26O4. The van der Waals surface area contributed by atoms with Gasteiger partial charge in [0, 0.05) is 12.0 Å². The number of hydrogen-bond donors (Lipinski definition) is 1. The lowest BCUT2D eigenvalue weighted by Gasteiger charge is -2.21. The summed E-state index contributed by atoms with van der Waals surface area (Å²) >= 11 is 0. The number of allylic oxidation sites excluding steroid dienone is 3. The molecule has 1 N–H and O–H groups in total. The van der Waals surface area contributed by atoms with Crippen LogP contribution in [0, 0.1) is 5.92 Å². The summed E-state index contributed by atoms with van der Waals surface area (Å²) in [6, 6.07) is 0. The Labute approximate surface area is 143 Å². The average molecular weight is 330 g/mol. The fourth-order valence-corrected chi connectivity index (χ4v) is 3.00. The van der Waals surface area contributed by atoms with Crippen molar-refractivity contribution >= 4 is 11.8 Å². The molecule has 0 aromatic heterocycles. The Balaban J connectivity index is 1.88. The third kappa shape index (κ3) is 4.32. The van der Waals surface area contributed by atoms with E-state index in [2.05, 4.69) is 6.08 Å². The highest BCUT2D eigenvalue weighted by Crippen LogP contribution is 2.25. The van der Waals surface area contributed by atoms with Crippen molar-refractivity contribution in [3.63, 3.8) is 0 Å². The Hall–Kier alpha value is -1.94. The quantitative estimate of drug-likeness (QED) is 0.619. The largest absolute Gasteiger partial charge is 0.454 e. The molecule has 0 spiro atoms. The highest BCUT2D eigenvalue weighted by molar-refractivity contribution is 6.01. The summed E-state index contributed by atoms with van der Waals surface area (Å²) in [4.78, 5) is 23.5. The maximum absolute atomic E-state index is 12.0. The average Bonchev–Trinajstić information content (AvgIpc) is 2.76. The molecule has 4 nitrogen and oxygen atoms in total. The van der Waals surface area contributed by atoms with E-state index in [9.17, 15) is 14.7 Å². The topological polar surface area (TPSA) is 63.6 Å². The Morgan fingerprint density at radius 3 is 2.58 bits per heavy atom. The number of esters is 1. The Morgan fingerprint density at radius 1 is 1.29 bits per heavy atom. The van der Waals surface area contributed by atoms with Crippen LogP contribution >= 0.6 is 0 Å². The van der Waals surface area contributed by atoms with Crippen molar-refractivity contribution in [1.29, 1.82) is 0 Å². The van der Waals surface area contributed by atoms with Gasteiger partial charge in [-0.3, -0.25) is 4.79 Å². The van der Waals surface area contributed by atoms with Crippen LogP contribution in [-0.2, 0) is 14.3 Å². The molecule has 24 heavy (non-hydrogen) atoms. The fourth-order valence-electron chi connectivity index (χ4n) is 3.00. The molecule has 4 heteroatoms. The molecule has 1 aliphatic carbocycles. The van der Waals surface area contributed by atoms with E-state index in [1.165, 1.54) is 0 Å². The van der Waals surface area contributed by atoms with Gasteiger partial charge in [0.2, 0.25) is 0 Å². The maximum atomic E-state index is 12.0. The summed E-state index contributed by atoms with van der Waals surface area (Å²) in [6.45, 7) is 7.45. The molecule has 0 fully saturated rings. The number of aliphatic hydroxyl groups is 1. The maximum Gasteiger partial charge on any atom is 0.333 e. The van der Waals surface area contributed by atoms with Crippen molar-refractivity contribution in [2.75, 3.05) is 0 Å². The van der Waals surface area contributed by atoms with Gasteiger partial charge in [-0.1, -0.05) is 23.8 Å². The van der Waals surface area contributed by atoms with Crippen molar-refractivity contribution in [1.82, 2.24) is 0 Å². The number of Topliss-reactive ketones (excluding diaryl/α,β-unsaturated/α-hetero) is 1. The van der Waals surface area contributed by atoms with Crippen LogP contribution in [0.3, 0.4) is 0 Å². The Bertz CT molecular complexity index is 649. The summed E-state index contributed by atoms with van der Waals surface area (Å²) in [5.41, 5.74) is 3.43. The van der Waals surface area contributed by atoms with E-state index in [1.54, 1.807) is 19.9 Å². The van der Waals surface area contributed by atoms with Gasteiger partial charge in [0.25, 0.3) is 0 Å². The predicted octanol–water partition coefficient (Wildman–Crippen LogP) is 3.43. The van der Waals surface area contributed by atoms with Gasteiger partial charge in [-0.2, -0.15) is 0 Å². The fraction of sp³-hybridized carbons (Fsp3) is 0.500. The van der Waals surface area contributed by atoms with Gasteiger partial charge in [-0.25, -0.2) is 4.79 Å². The van der Waals surface area contributed by atoms with Crippen molar-refractivity contribution in [2.24, 2.45) is 5.92 Å². The van der Waals surface area contributed by atoms with Gasteiger partial charge < -0.3 is 9.84 Å². The van der Waals surface area contributed by atoms with Crippen LogP contribution in [0.1, 0.15) is 47.0 Å². The zero-order chi connectivity index (χ0) is 17.9. The minimum Gasteiger partial charge on any atom is -0.454 e. The highest BCUT2D eigenvalue weighted by atomic mass is 16.5. The number of carbonyl (C=O) groups excluding carboxylic acids is 2. The second-order valence-electron chi connectivity index (χ2n) is 6.75. The molecule has 0 amide bonds. The van der Waals surface area contributed by atoms with Crippen molar-refractivity contribution in [3.05, 3.63) is 46.6 Å². The van der Waals surface area contributed by atoms with Gasteiger partial charge in [-0.15, -0.1) is 0 Å². The molecule has 0 unspecified atom stereocenters. The zero-order valence-electron chi connectivity index (χ0n) is 14.8. The van der Waals surface area contributed by atoms with Crippen LogP contribution < -0.4 is 0 Å². The van der Waals surface area contributed by atoms with E-state index in [0.717, 1.165) is 30.4 Å². The van der Waals surface area contributed by atoms with E-state index in [1.807, 2.05) is 26.0 Å². The molecule has 130 valence electrons. The van der Waals surface area contributed by atoms with Crippen LogP contribution in [0.25, 0.3) is 0 Å². The number of ether oxygens (including phenoxy) is 1. The van der Waals surface area contributed by atoms with Gasteiger partial charge in [0.1, 0.15) is 6.10 Å². The second-order valence-corrected chi connectivity index (χ2v) is 6.75. The molecule has 3 atom stereocenters. The van der Waals surface area contributed by atoms with Crippen LogP contribution in [-0.4, -0.2) is 29.1 Å². The number of aliphatic hydroxyl groups excluding tert-OH is 1. The van der Waals surface area contributed by atoms with Gasteiger partial charge >= 0.3 is 5.97 Å². The summed E-state index contributed by atoms with van der Waals surface area (Å²) in [6.07, 6.45) is 8.96. The van der Waals surface area contributed by atoms with Gasteiger partial charge in [-0.05, 0) is 57.8 Å². The third-order valence-corrected chi connectivity index (χ3v) is 4.67. The first-order valence-electron chi connectivity index (χ1n) is 8.42. The number of ketones is 1. The lowest BCUT2D eigenvalue weighted by atomic mass is 9.97. The van der Waals surface area contributed by atoms with Gasteiger partial charge in [0.15, 0.2) is 5.78 Å². The molecule has 0 saturated carbocycles. The van der Waals surface area contributed by atoms with Crippen molar-refractivity contribution in [3.8, 4) is 0 Å². The van der Waals surface area contributed by atoms with E-state index >= 15 is 0 Å². The van der Waals surface area contributed by atoms with E-state index in [4.69, 9.17) is 4.74 Å². The molecule has 0 aromatic rings. The summed E-state index contributed by atoms with van der Waals surface area (Å²) in [7, 11) is 0. The first-order chi connectivity index (χ1) is 11.3. The van der Waals surface area contributed by atoms with E-state index in [0.29, 0.717) is 11.1 Å². The van der Waals surface area contributed by atoms with Gasteiger partial charge in [0.05, 0.1) is 12.0 Å². The third-order valence-electron chi connectivity index (χ3n) is 4.67. The molecule has 0 aromatic carbocycles. The first-order valence-corrected chi connectivity index (χ1v) is 8.42. The number of rotatable bonds is 5. The molecule has 2 aliphatic rings. The Kier molecular flexibility index (Phi) is 5.94. The standard InChI is InChI=1S/C20H26O4/c1-12(10-16-17(21)11-15(4)19(16)22)6-5-7-13(2)18-9-8-14(3)20(23)24-18/h7-8,10-11,16-18,21H,5-6,9H2,1-4H3/b12-10+,13-7+/t16-,17+,18+/m0/s1. The Morgan fingerprint density at radius 2 is 2.00 bits per heavy atom. The SMILES string of the molecule is CC1=CC[C@H](/C(C)=C/CC/C(C)=C/[C@@H]2C(=O)C(C)=C[C@H]2O)OC1=O. The summed E-state index contributed by atoms with van der Waals surface area (Å²) in [5.74, 6) is -0.681. The smallest absolute Gasteiger partial charge is 0.333 e. The molecular weight excluding hydrogens is 304 g/mol. The number of hydrogen-bond acceptors (Lipinski definition) is 4. The molecule has 0 saturated heterocycles. The van der Waals surface area contributed by atoms with E-state index in [-0.39, 0.29) is 17.9 Å².